The zero-order valence-corrected chi connectivity index (χ0v) is 25.8. The third-order valence-electron chi connectivity index (χ3n) is 7.49. The number of amides is 3. The highest BCUT2D eigenvalue weighted by molar-refractivity contribution is 7.09. The van der Waals surface area contributed by atoms with Crippen molar-refractivity contribution in [3.05, 3.63) is 106 Å². The summed E-state index contributed by atoms with van der Waals surface area (Å²) in [6.45, 7) is 3.68. The smallest absolute Gasteiger partial charge is 0.335 e. The molecule has 1 unspecified atom stereocenters. The second-order valence-electron chi connectivity index (χ2n) is 11.2. The van der Waals surface area contributed by atoms with Gasteiger partial charge in [-0.3, -0.25) is 14.4 Å². The molecular weight excluding hydrogens is 594 g/mol. The molecule has 0 spiro atoms. The first-order valence-electron chi connectivity index (χ1n) is 14.6. The molecule has 0 aliphatic heterocycles. The summed E-state index contributed by atoms with van der Waals surface area (Å²) < 4.78 is 0. The van der Waals surface area contributed by atoms with Crippen molar-refractivity contribution >= 4 is 45.8 Å². The summed E-state index contributed by atoms with van der Waals surface area (Å²) in [4.78, 5) is 51.3. The number of rotatable bonds is 14. The molecule has 10 nitrogen and oxygen atoms in total. The average Bonchev–Trinajstić information content (AvgIpc) is 3.54. The van der Waals surface area contributed by atoms with E-state index in [1.807, 2.05) is 47.8 Å². The van der Waals surface area contributed by atoms with E-state index in [1.54, 1.807) is 38.1 Å². The maximum absolute atomic E-state index is 13.3. The SMILES string of the molecule is CC(C)[C@H](NC(=O)C[C@@H](O)[C@H](Cc1cccs1)NC(=O)C(O)c1cccc2ccccc12)C(=O)NCc1ccc(C(=O)O)cc1. The van der Waals surface area contributed by atoms with Crippen LogP contribution in [0.15, 0.2) is 84.2 Å². The lowest BCUT2D eigenvalue weighted by Crippen LogP contribution is -2.52. The van der Waals surface area contributed by atoms with Crippen LogP contribution in [-0.4, -0.2) is 57.2 Å². The van der Waals surface area contributed by atoms with Crippen LogP contribution in [0, 0.1) is 5.92 Å². The Labute approximate surface area is 265 Å². The largest absolute Gasteiger partial charge is 0.478 e. The number of aliphatic hydroxyl groups is 2. The maximum atomic E-state index is 13.3. The number of thiophene rings is 1. The molecule has 0 fully saturated rings. The van der Waals surface area contributed by atoms with Crippen molar-refractivity contribution in [3.63, 3.8) is 0 Å². The Hall–Kier alpha value is -4.58. The second kappa shape index (κ2) is 15.4. The van der Waals surface area contributed by atoms with Gasteiger partial charge in [0.15, 0.2) is 6.10 Å². The highest BCUT2D eigenvalue weighted by atomic mass is 32.1. The Balaban J connectivity index is 1.40. The van der Waals surface area contributed by atoms with Crippen LogP contribution in [0.3, 0.4) is 0 Å². The number of hydrogen-bond donors (Lipinski definition) is 6. The minimum absolute atomic E-state index is 0.132. The number of carboxylic acid groups (broad SMARTS) is 1. The molecule has 4 rings (SSSR count). The van der Waals surface area contributed by atoms with Gasteiger partial charge in [-0.05, 0) is 51.4 Å². The summed E-state index contributed by atoms with van der Waals surface area (Å²) in [6.07, 6.45) is -2.99. The second-order valence-corrected chi connectivity index (χ2v) is 12.2. The predicted octanol–water partition coefficient (Wildman–Crippen LogP) is 3.57. The molecule has 236 valence electrons. The molecular formula is C34H37N3O7S. The predicted molar refractivity (Wildman–Crippen MR) is 172 cm³/mol. The van der Waals surface area contributed by atoms with Gasteiger partial charge < -0.3 is 31.3 Å². The van der Waals surface area contributed by atoms with Gasteiger partial charge in [0.2, 0.25) is 11.8 Å². The summed E-state index contributed by atoms with van der Waals surface area (Å²) in [5.74, 6) is -3.05. The van der Waals surface area contributed by atoms with Crippen molar-refractivity contribution in [2.24, 2.45) is 5.92 Å². The van der Waals surface area contributed by atoms with Crippen molar-refractivity contribution in [3.8, 4) is 0 Å². The number of carboxylic acids is 1. The van der Waals surface area contributed by atoms with E-state index in [4.69, 9.17) is 5.11 Å². The molecule has 4 atom stereocenters. The lowest BCUT2D eigenvalue weighted by atomic mass is 9.98. The number of benzene rings is 3. The minimum atomic E-state index is -1.50. The third-order valence-corrected chi connectivity index (χ3v) is 8.39. The molecule has 1 aromatic heterocycles. The van der Waals surface area contributed by atoms with Gasteiger partial charge in [-0.2, -0.15) is 0 Å². The summed E-state index contributed by atoms with van der Waals surface area (Å²) >= 11 is 1.44. The van der Waals surface area contributed by atoms with E-state index in [9.17, 15) is 29.4 Å². The zero-order valence-electron chi connectivity index (χ0n) is 25.0. The highest BCUT2D eigenvalue weighted by Gasteiger charge is 2.30. The molecule has 6 N–H and O–H groups in total. The molecule has 45 heavy (non-hydrogen) atoms. The summed E-state index contributed by atoms with van der Waals surface area (Å²) in [5.41, 5.74) is 1.25. The summed E-state index contributed by atoms with van der Waals surface area (Å²) in [6, 6.07) is 20.7. The molecule has 0 aliphatic rings. The first-order chi connectivity index (χ1) is 21.5. The van der Waals surface area contributed by atoms with Gasteiger partial charge in [0, 0.05) is 17.8 Å². The monoisotopic (exact) mass is 631 g/mol. The number of nitrogens with one attached hydrogen (secondary N) is 3. The van der Waals surface area contributed by atoms with E-state index in [2.05, 4.69) is 16.0 Å². The van der Waals surface area contributed by atoms with Crippen LogP contribution in [0.4, 0.5) is 0 Å². The van der Waals surface area contributed by atoms with E-state index < -0.39 is 54.4 Å². The topological polar surface area (TPSA) is 165 Å². The molecule has 4 aromatic rings. The van der Waals surface area contributed by atoms with Gasteiger partial charge in [-0.1, -0.05) is 74.5 Å². The molecule has 0 radical (unpaired) electrons. The van der Waals surface area contributed by atoms with E-state index in [0.717, 1.165) is 15.6 Å². The molecule has 3 aromatic carbocycles. The van der Waals surface area contributed by atoms with Crippen molar-refractivity contribution in [2.75, 3.05) is 0 Å². The maximum Gasteiger partial charge on any atom is 0.335 e. The van der Waals surface area contributed by atoms with Crippen LogP contribution in [-0.2, 0) is 27.3 Å². The first kappa shape index (κ1) is 33.3. The van der Waals surface area contributed by atoms with Crippen LogP contribution < -0.4 is 16.0 Å². The van der Waals surface area contributed by atoms with E-state index in [1.165, 1.54) is 23.5 Å². The van der Waals surface area contributed by atoms with Gasteiger partial charge in [0.05, 0.1) is 24.1 Å². The summed E-state index contributed by atoms with van der Waals surface area (Å²) in [5, 5.41) is 42.9. The van der Waals surface area contributed by atoms with Crippen molar-refractivity contribution in [2.45, 2.75) is 57.5 Å². The number of carbonyl (C=O) groups excluding carboxylic acids is 3. The molecule has 0 saturated carbocycles. The van der Waals surface area contributed by atoms with Crippen LogP contribution in [0.25, 0.3) is 10.8 Å². The van der Waals surface area contributed by atoms with Gasteiger partial charge in [-0.15, -0.1) is 11.3 Å². The van der Waals surface area contributed by atoms with Crippen LogP contribution in [0.5, 0.6) is 0 Å². The van der Waals surface area contributed by atoms with Crippen molar-refractivity contribution in [1.82, 2.24) is 16.0 Å². The molecule has 0 aliphatic carbocycles. The molecule has 3 amide bonds. The highest BCUT2D eigenvalue weighted by Crippen LogP contribution is 2.25. The van der Waals surface area contributed by atoms with Gasteiger partial charge in [0.25, 0.3) is 5.91 Å². The fourth-order valence-electron chi connectivity index (χ4n) is 4.98. The molecule has 0 bridgehead atoms. The van der Waals surface area contributed by atoms with E-state index >= 15 is 0 Å². The molecule has 11 heteroatoms. The van der Waals surface area contributed by atoms with Gasteiger partial charge in [-0.25, -0.2) is 4.79 Å². The van der Waals surface area contributed by atoms with Crippen LogP contribution in [0.1, 0.15) is 52.7 Å². The Morgan fingerprint density at radius 1 is 0.822 bits per heavy atom. The normalized spacial score (nSPS) is 13.9. The van der Waals surface area contributed by atoms with Gasteiger partial charge in [0.1, 0.15) is 6.04 Å². The Morgan fingerprint density at radius 2 is 1.53 bits per heavy atom. The Morgan fingerprint density at radius 3 is 2.20 bits per heavy atom. The number of aliphatic hydroxyl groups excluding tert-OH is 2. The Kier molecular flexibility index (Phi) is 11.4. The number of aromatic carboxylic acids is 1. The van der Waals surface area contributed by atoms with Gasteiger partial charge >= 0.3 is 5.97 Å². The summed E-state index contributed by atoms with van der Waals surface area (Å²) in [7, 11) is 0. The van der Waals surface area contributed by atoms with Crippen LogP contribution >= 0.6 is 11.3 Å². The Bertz CT molecular complexity index is 1620. The standard InChI is InChI=1S/C34H37N3O7S/c1-20(2)30(32(41)35-19-21-12-14-23(15-13-21)34(43)44)37-29(39)18-28(38)27(17-24-9-6-16-45-24)36-33(42)31(40)26-11-5-8-22-7-3-4-10-25(22)26/h3-16,20,27-28,30-31,38,40H,17-19H2,1-2H3,(H,35,41)(H,36,42)(H,37,39)(H,43,44)/t27-,28+,30-,31?/m0/s1. The van der Waals surface area contributed by atoms with Crippen molar-refractivity contribution in [1.29, 1.82) is 0 Å². The fourth-order valence-corrected chi connectivity index (χ4v) is 5.75. The van der Waals surface area contributed by atoms with Crippen LogP contribution in [0.2, 0.25) is 0 Å². The lowest BCUT2D eigenvalue weighted by molar-refractivity contribution is -0.133. The quantitative estimate of drug-likeness (QED) is 0.124. The zero-order chi connectivity index (χ0) is 32.5. The third kappa shape index (κ3) is 8.98. The van der Waals surface area contributed by atoms with Crippen molar-refractivity contribution < 1.29 is 34.5 Å². The number of hydrogen-bond acceptors (Lipinski definition) is 7. The first-order valence-corrected chi connectivity index (χ1v) is 15.5. The van der Waals surface area contributed by atoms with E-state index in [-0.39, 0.29) is 24.4 Å². The fraction of sp³-hybridized carbons (Fsp3) is 0.294. The molecule has 1 heterocycles. The average molecular weight is 632 g/mol. The molecule has 0 saturated heterocycles. The number of carbonyl (C=O) groups is 4. The van der Waals surface area contributed by atoms with E-state index in [0.29, 0.717) is 11.1 Å². The lowest BCUT2D eigenvalue weighted by Gasteiger charge is -2.27. The number of fused-ring (bicyclic) bond motifs is 1. The minimum Gasteiger partial charge on any atom is -0.478 e.